The van der Waals surface area contributed by atoms with Crippen molar-refractivity contribution in [1.29, 1.82) is 0 Å². The number of allylic oxidation sites excluding steroid dienone is 8. The van der Waals surface area contributed by atoms with Gasteiger partial charge in [0.1, 0.15) is 12.2 Å². The minimum atomic E-state index is -1.29. The van der Waals surface area contributed by atoms with E-state index >= 15 is 0 Å². The van der Waals surface area contributed by atoms with E-state index in [2.05, 4.69) is 67.8 Å². The predicted molar refractivity (Wildman–Crippen MR) is 283 cm³/mol. The van der Waals surface area contributed by atoms with Crippen LogP contribution in [0.5, 0.6) is 0 Å². The maximum absolute atomic E-state index is 12.6. The lowest BCUT2D eigenvalue weighted by atomic mass is 10.00. The Morgan fingerprint density at radius 2 is 0.646 bits per heavy atom. The highest BCUT2D eigenvalue weighted by Gasteiger charge is 2.28. The van der Waals surface area contributed by atoms with Crippen LogP contribution in [0.3, 0.4) is 0 Å². The summed E-state index contributed by atoms with van der Waals surface area (Å²) in [6, 6.07) is -1.01. The van der Waals surface area contributed by atoms with E-state index in [1.165, 1.54) is 205 Å². The van der Waals surface area contributed by atoms with Gasteiger partial charge in [0.2, 0.25) is 5.91 Å². The number of aliphatic hydroxyl groups excluding tert-OH is 4. The zero-order chi connectivity index (χ0) is 47.4. The van der Waals surface area contributed by atoms with E-state index in [9.17, 15) is 25.2 Å². The monoisotopic (exact) mass is 914 g/mol. The molecule has 0 aromatic heterocycles. The molecule has 0 aromatic rings. The van der Waals surface area contributed by atoms with Crippen LogP contribution in [0.1, 0.15) is 290 Å². The molecule has 0 saturated heterocycles. The van der Waals surface area contributed by atoms with Gasteiger partial charge in [-0.2, -0.15) is 0 Å². The molecular weight excluding hydrogens is 803 g/mol. The molecule has 6 nitrogen and oxygen atoms in total. The summed E-state index contributed by atoms with van der Waals surface area (Å²) >= 11 is 0. The molecule has 0 aliphatic carbocycles. The molecule has 0 radical (unpaired) electrons. The van der Waals surface area contributed by atoms with E-state index in [0.717, 1.165) is 51.4 Å². The minimum Gasteiger partial charge on any atom is -0.394 e. The Kier molecular flexibility index (Phi) is 51.8. The largest absolute Gasteiger partial charge is 0.394 e. The molecule has 0 spiro atoms. The summed E-state index contributed by atoms with van der Waals surface area (Å²) in [6.07, 6.45) is 67.6. The third-order valence-corrected chi connectivity index (χ3v) is 13.2. The number of aliphatic hydroxyl groups is 4. The van der Waals surface area contributed by atoms with Crippen LogP contribution < -0.4 is 5.32 Å². The zero-order valence-corrected chi connectivity index (χ0v) is 43.2. The number of amides is 1. The Labute approximate surface area is 404 Å². The van der Waals surface area contributed by atoms with E-state index in [4.69, 9.17) is 0 Å². The molecule has 0 fully saturated rings. The van der Waals surface area contributed by atoms with E-state index in [0.29, 0.717) is 19.3 Å². The van der Waals surface area contributed by atoms with Crippen molar-refractivity contribution in [2.24, 2.45) is 0 Å². The molecule has 6 heteroatoms. The second kappa shape index (κ2) is 53.2. The second-order valence-electron chi connectivity index (χ2n) is 19.6. The Hall–Kier alpha value is -1.73. The first-order valence-electron chi connectivity index (χ1n) is 28.5. The summed E-state index contributed by atoms with van der Waals surface area (Å²) in [4.78, 5) is 12.6. The average molecular weight is 915 g/mol. The minimum absolute atomic E-state index is 0.359. The molecule has 4 unspecified atom stereocenters. The van der Waals surface area contributed by atoms with Crippen molar-refractivity contribution < 1.29 is 25.2 Å². The average Bonchev–Trinajstić information content (AvgIpc) is 3.31. The van der Waals surface area contributed by atoms with Crippen molar-refractivity contribution >= 4 is 5.91 Å². The lowest BCUT2D eigenvalue weighted by molar-refractivity contribution is -0.132. The van der Waals surface area contributed by atoms with Crippen LogP contribution in [-0.2, 0) is 4.79 Å². The van der Waals surface area contributed by atoms with Crippen molar-refractivity contribution in [2.45, 2.75) is 314 Å². The Bertz CT molecular complexity index is 1070. The molecular formula is C59H111NO5. The van der Waals surface area contributed by atoms with Crippen LogP contribution in [0.2, 0.25) is 0 Å². The highest BCUT2D eigenvalue weighted by atomic mass is 16.3. The summed E-state index contributed by atoms with van der Waals surface area (Å²) in [5.74, 6) is -0.597. The standard InChI is InChI=1S/C59H111NO5/c1-3-5-7-9-11-13-15-17-19-21-23-24-25-26-27-28-29-30-31-32-33-34-35-37-39-41-43-45-47-49-51-53-57(63)59(65)60-55(54-61)58(64)56(62)52-50-48-46-44-42-40-38-36-22-20-18-16-14-12-10-8-6-4-2/h16,18,26-27,36,38,44,46,55-58,61-64H,3-15,17,19-25,28-35,37,39-43,45,47-54H2,1-2H3,(H,60,65)/b18-16+,27-26-,38-36+,46-44+. The Morgan fingerprint density at radius 1 is 0.369 bits per heavy atom. The van der Waals surface area contributed by atoms with Crippen molar-refractivity contribution in [3.8, 4) is 0 Å². The summed E-state index contributed by atoms with van der Waals surface area (Å²) in [5.41, 5.74) is 0. The maximum atomic E-state index is 12.6. The quantitative estimate of drug-likeness (QED) is 0.0308. The van der Waals surface area contributed by atoms with Gasteiger partial charge >= 0.3 is 0 Å². The summed E-state index contributed by atoms with van der Waals surface area (Å²) in [5, 5.41) is 43.9. The molecule has 0 heterocycles. The zero-order valence-electron chi connectivity index (χ0n) is 43.2. The summed E-state index contributed by atoms with van der Waals surface area (Å²) in [7, 11) is 0. The first-order chi connectivity index (χ1) is 32.0. The fraction of sp³-hybridized carbons (Fsp3) is 0.847. The maximum Gasteiger partial charge on any atom is 0.249 e. The van der Waals surface area contributed by atoms with Crippen LogP contribution in [0.4, 0.5) is 0 Å². The lowest BCUT2D eigenvalue weighted by Gasteiger charge is -2.27. The topological polar surface area (TPSA) is 110 Å². The third-order valence-electron chi connectivity index (χ3n) is 13.2. The predicted octanol–water partition coefficient (Wildman–Crippen LogP) is 16.6. The number of rotatable bonds is 52. The highest BCUT2D eigenvalue weighted by molar-refractivity contribution is 5.80. The van der Waals surface area contributed by atoms with Crippen LogP contribution in [0.15, 0.2) is 48.6 Å². The number of carbonyl (C=O) groups is 1. The van der Waals surface area contributed by atoms with E-state index in [1.54, 1.807) is 0 Å². The second-order valence-corrected chi connectivity index (χ2v) is 19.6. The molecule has 0 bridgehead atoms. The lowest BCUT2D eigenvalue weighted by Crippen LogP contribution is -2.53. The molecule has 0 rings (SSSR count). The summed E-state index contributed by atoms with van der Waals surface area (Å²) in [6.45, 7) is 4.05. The smallest absolute Gasteiger partial charge is 0.249 e. The van der Waals surface area contributed by atoms with Gasteiger partial charge in [0.25, 0.3) is 0 Å². The van der Waals surface area contributed by atoms with Crippen molar-refractivity contribution in [3.05, 3.63) is 48.6 Å². The van der Waals surface area contributed by atoms with Crippen molar-refractivity contribution in [1.82, 2.24) is 5.32 Å². The normalized spacial score (nSPS) is 14.1. The highest BCUT2D eigenvalue weighted by Crippen LogP contribution is 2.17. The SMILES string of the molecule is CCCCCCC/C=C/CC/C=C/CC/C=C/CCCC(O)C(O)C(CO)NC(=O)C(O)CCCCCCCCCCCCCCCCC/C=C\CCCCCCCCCCCCCC. The first-order valence-corrected chi connectivity index (χ1v) is 28.5. The number of nitrogens with one attached hydrogen (secondary N) is 1. The van der Waals surface area contributed by atoms with Gasteiger partial charge in [0.15, 0.2) is 0 Å². The van der Waals surface area contributed by atoms with E-state index < -0.39 is 36.9 Å². The van der Waals surface area contributed by atoms with Gasteiger partial charge in [-0.1, -0.05) is 249 Å². The van der Waals surface area contributed by atoms with Gasteiger partial charge in [-0.3, -0.25) is 4.79 Å². The van der Waals surface area contributed by atoms with Gasteiger partial charge < -0.3 is 25.7 Å². The van der Waals surface area contributed by atoms with Crippen LogP contribution in [-0.4, -0.2) is 57.3 Å². The fourth-order valence-corrected chi connectivity index (χ4v) is 8.73. The molecule has 1 amide bonds. The fourth-order valence-electron chi connectivity index (χ4n) is 8.73. The molecule has 65 heavy (non-hydrogen) atoms. The van der Waals surface area contributed by atoms with Gasteiger partial charge in [-0.05, 0) is 89.9 Å². The van der Waals surface area contributed by atoms with E-state index in [-0.39, 0.29) is 0 Å². The van der Waals surface area contributed by atoms with Gasteiger partial charge in [-0.25, -0.2) is 0 Å². The molecule has 0 aliphatic rings. The van der Waals surface area contributed by atoms with Crippen LogP contribution >= 0.6 is 0 Å². The number of carbonyl (C=O) groups excluding carboxylic acids is 1. The van der Waals surface area contributed by atoms with Crippen LogP contribution in [0.25, 0.3) is 0 Å². The number of hydrogen-bond donors (Lipinski definition) is 5. The molecule has 4 atom stereocenters. The van der Waals surface area contributed by atoms with Crippen LogP contribution in [0, 0.1) is 0 Å². The van der Waals surface area contributed by atoms with E-state index in [1.807, 2.05) is 0 Å². The van der Waals surface area contributed by atoms with Crippen molar-refractivity contribution in [2.75, 3.05) is 6.61 Å². The third kappa shape index (κ3) is 47.1. The Morgan fingerprint density at radius 3 is 0.969 bits per heavy atom. The molecule has 0 aliphatic heterocycles. The number of unbranched alkanes of at least 4 members (excludes halogenated alkanes) is 35. The Balaban J connectivity index is 3.64. The molecule has 5 N–H and O–H groups in total. The molecule has 382 valence electrons. The molecule has 0 saturated carbocycles. The first kappa shape index (κ1) is 63.3. The van der Waals surface area contributed by atoms with Gasteiger partial charge in [0.05, 0.1) is 18.8 Å². The number of hydrogen-bond acceptors (Lipinski definition) is 5. The van der Waals surface area contributed by atoms with Crippen molar-refractivity contribution in [3.63, 3.8) is 0 Å². The van der Waals surface area contributed by atoms with Gasteiger partial charge in [-0.15, -0.1) is 0 Å². The summed E-state index contributed by atoms with van der Waals surface area (Å²) < 4.78 is 0. The molecule has 0 aromatic carbocycles. The van der Waals surface area contributed by atoms with Gasteiger partial charge in [0, 0.05) is 0 Å².